The molecule has 0 spiro atoms. The van der Waals surface area contributed by atoms with Gasteiger partial charge in [-0.25, -0.2) is 0 Å². The fraction of sp³-hybridized carbons (Fsp3) is 0.263. The van der Waals surface area contributed by atoms with Crippen molar-refractivity contribution in [2.75, 3.05) is 34.3 Å². The van der Waals surface area contributed by atoms with E-state index >= 15 is 0 Å². The monoisotopic (exact) mass is 409 g/mol. The van der Waals surface area contributed by atoms with Crippen LogP contribution in [0.1, 0.15) is 11.1 Å². The molecule has 0 N–H and O–H groups in total. The number of hydrogen-bond donors (Lipinski definition) is 0. The number of benzene rings is 2. The average molecular weight is 409 g/mol. The quantitative estimate of drug-likeness (QED) is 0.392. The molecule has 2 nitrogen and oxygen atoms in total. The number of quaternary nitrogens is 1. The molecule has 0 aliphatic heterocycles. The van der Waals surface area contributed by atoms with Crippen LogP contribution in [0.3, 0.4) is 0 Å². The van der Waals surface area contributed by atoms with Gasteiger partial charge >= 0.3 is 0 Å². The van der Waals surface area contributed by atoms with Crippen molar-refractivity contribution in [3.05, 3.63) is 65.7 Å². The lowest BCUT2D eigenvalue weighted by Gasteiger charge is -2.23. The maximum absolute atomic E-state index is 5.76. The Hall–Kier alpha value is -1.33. The SMILES string of the molecule is C[N+](C)(C)CCOc1ccc(/C=C/c2ccccc2)cc1.[I-]. The molecule has 22 heavy (non-hydrogen) atoms. The van der Waals surface area contributed by atoms with Crippen molar-refractivity contribution in [3.63, 3.8) is 0 Å². The van der Waals surface area contributed by atoms with Gasteiger partial charge in [0.25, 0.3) is 0 Å². The van der Waals surface area contributed by atoms with Gasteiger partial charge in [0.1, 0.15) is 18.9 Å². The third-order valence-electron chi connectivity index (χ3n) is 3.18. The Kier molecular flexibility index (Phi) is 7.62. The van der Waals surface area contributed by atoms with E-state index in [0.717, 1.165) is 23.4 Å². The summed E-state index contributed by atoms with van der Waals surface area (Å²) in [6, 6.07) is 18.5. The average Bonchev–Trinajstić information content (AvgIpc) is 2.46. The molecule has 0 saturated carbocycles. The summed E-state index contributed by atoms with van der Waals surface area (Å²) in [5, 5.41) is 0. The highest BCUT2D eigenvalue weighted by Gasteiger charge is 2.06. The van der Waals surface area contributed by atoms with Crippen molar-refractivity contribution >= 4 is 12.2 Å². The highest BCUT2D eigenvalue weighted by molar-refractivity contribution is 5.69. The Morgan fingerprint density at radius 2 is 1.36 bits per heavy atom. The predicted molar refractivity (Wildman–Crippen MR) is 90.2 cm³/mol. The first kappa shape index (κ1) is 18.7. The highest BCUT2D eigenvalue weighted by atomic mass is 127. The van der Waals surface area contributed by atoms with Crippen molar-refractivity contribution in [1.82, 2.24) is 0 Å². The molecule has 2 aromatic carbocycles. The third kappa shape index (κ3) is 7.09. The van der Waals surface area contributed by atoms with Gasteiger partial charge in [0.05, 0.1) is 21.1 Å². The number of likely N-dealkylation sites (N-methyl/N-ethyl adjacent to an activating group) is 1. The van der Waals surface area contributed by atoms with Crippen LogP contribution in [0.15, 0.2) is 54.6 Å². The van der Waals surface area contributed by atoms with E-state index in [-0.39, 0.29) is 24.0 Å². The van der Waals surface area contributed by atoms with Gasteiger partial charge in [0.15, 0.2) is 0 Å². The molecule has 0 saturated heterocycles. The molecule has 0 fully saturated rings. The van der Waals surface area contributed by atoms with Crippen LogP contribution in [-0.4, -0.2) is 38.8 Å². The van der Waals surface area contributed by atoms with E-state index in [9.17, 15) is 0 Å². The van der Waals surface area contributed by atoms with Gasteiger partial charge in [-0.15, -0.1) is 0 Å². The molecule has 0 bridgehead atoms. The summed E-state index contributed by atoms with van der Waals surface area (Å²) in [6.07, 6.45) is 4.23. The smallest absolute Gasteiger partial charge is 0.137 e. The first-order valence-electron chi connectivity index (χ1n) is 7.29. The van der Waals surface area contributed by atoms with E-state index < -0.39 is 0 Å². The minimum absolute atomic E-state index is 0. The summed E-state index contributed by atoms with van der Waals surface area (Å²) in [7, 11) is 6.50. The standard InChI is InChI=1S/C19H24NO.HI/c1-20(2,3)15-16-21-19-13-11-18(12-14-19)10-9-17-7-5-4-6-8-17;/h4-14H,15-16H2,1-3H3;1H/q+1;/p-1/b10-9+;. The van der Waals surface area contributed by atoms with Crippen molar-refractivity contribution in [2.45, 2.75) is 0 Å². The summed E-state index contributed by atoms with van der Waals surface area (Å²) >= 11 is 0. The van der Waals surface area contributed by atoms with Crippen LogP contribution in [0.5, 0.6) is 5.75 Å². The predicted octanol–water partition coefficient (Wildman–Crippen LogP) is 0.946. The molecule has 0 atom stereocenters. The van der Waals surface area contributed by atoms with Crippen LogP contribution in [0, 0.1) is 0 Å². The van der Waals surface area contributed by atoms with Crippen LogP contribution < -0.4 is 28.7 Å². The fourth-order valence-corrected chi connectivity index (χ4v) is 1.87. The summed E-state index contributed by atoms with van der Waals surface area (Å²) in [4.78, 5) is 0. The van der Waals surface area contributed by atoms with Crippen LogP contribution in [0.4, 0.5) is 0 Å². The van der Waals surface area contributed by atoms with Crippen LogP contribution in [-0.2, 0) is 0 Å². The van der Waals surface area contributed by atoms with Gasteiger partial charge < -0.3 is 33.2 Å². The van der Waals surface area contributed by atoms with Crippen molar-refractivity contribution < 1.29 is 33.2 Å². The summed E-state index contributed by atoms with van der Waals surface area (Å²) < 4.78 is 6.67. The molecule has 0 unspecified atom stereocenters. The topological polar surface area (TPSA) is 9.23 Å². The van der Waals surface area contributed by atoms with Crippen LogP contribution in [0.2, 0.25) is 0 Å². The Morgan fingerprint density at radius 1 is 0.818 bits per heavy atom. The minimum Gasteiger partial charge on any atom is -1.00 e. The fourth-order valence-electron chi connectivity index (χ4n) is 1.87. The molecule has 0 aromatic heterocycles. The zero-order chi connectivity index (χ0) is 15.1. The third-order valence-corrected chi connectivity index (χ3v) is 3.18. The lowest BCUT2D eigenvalue weighted by Crippen LogP contribution is -3.00. The van der Waals surface area contributed by atoms with Gasteiger partial charge in [-0.05, 0) is 23.3 Å². The first-order chi connectivity index (χ1) is 10.0. The Balaban J connectivity index is 0.00000242. The van der Waals surface area contributed by atoms with E-state index in [1.807, 2.05) is 30.3 Å². The molecule has 0 aliphatic rings. The lowest BCUT2D eigenvalue weighted by molar-refractivity contribution is -0.870. The molecule has 0 heterocycles. The van der Waals surface area contributed by atoms with E-state index in [0.29, 0.717) is 0 Å². The molecule has 2 aromatic rings. The second-order valence-electron chi connectivity index (χ2n) is 6.18. The van der Waals surface area contributed by atoms with Gasteiger partial charge in [-0.3, -0.25) is 0 Å². The van der Waals surface area contributed by atoms with Crippen molar-refractivity contribution in [2.24, 2.45) is 0 Å². The summed E-state index contributed by atoms with van der Waals surface area (Å²) in [5.74, 6) is 0.931. The molecule has 118 valence electrons. The van der Waals surface area contributed by atoms with Gasteiger partial charge in [0.2, 0.25) is 0 Å². The molecule has 0 radical (unpaired) electrons. The summed E-state index contributed by atoms with van der Waals surface area (Å²) in [6.45, 7) is 1.73. The van der Waals surface area contributed by atoms with E-state index in [2.05, 4.69) is 57.6 Å². The van der Waals surface area contributed by atoms with E-state index in [1.54, 1.807) is 0 Å². The maximum atomic E-state index is 5.76. The van der Waals surface area contributed by atoms with Gasteiger partial charge in [-0.1, -0.05) is 54.6 Å². The van der Waals surface area contributed by atoms with Gasteiger partial charge in [-0.2, -0.15) is 0 Å². The van der Waals surface area contributed by atoms with Crippen LogP contribution in [0.25, 0.3) is 12.2 Å². The number of rotatable bonds is 6. The number of ether oxygens (including phenoxy) is 1. The van der Waals surface area contributed by atoms with Crippen molar-refractivity contribution in [3.8, 4) is 5.75 Å². The molecular weight excluding hydrogens is 385 g/mol. The van der Waals surface area contributed by atoms with Crippen LogP contribution >= 0.6 is 0 Å². The Bertz CT molecular complexity index is 571. The van der Waals surface area contributed by atoms with E-state index in [1.165, 1.54) is 11.1 Å². The molecule has 2 rings (SSSR count). The largest absolute Gasteiger partial charge is 1.00 e. The zero-order valence-corrected chi connectivity index (χ0v) is 15.7. The number of nitrogens with zero attached hydrogens (tertiary/aromatic N) is 1. The number of halogens is 1. The Labute approximate surface area is 151 Å². The molecular formula is C19H24INO. The molecule has 3 heteroatoms. The minimum atomic E-state index is 0. The maximum Gasteiger partial charge on any atom is 0.137 e. The second-order valence-corrected chi connectivity index (χ2v) is 6.18. The Morgan fingerprint density at radius 3 is 1.91 bits per heavy atom. The van der Waals surface area contributed by atoms with E-state index in [4.69, 9.17) is 4.74 Å². The first-order valence-corrected chi connectivity index (χ1v) is 7.29. The summed E-state index contributed by atoms with van der Waals surface area (Å²) in [5.41, 5.74) is 2.39. The molecule has 0 amide bonds. The highest BCUT2D eigenvalue weighted by Crippen LogP contribution is 2.14. The second kappa shape index (κ2) is 8.96. The van der Waals surface area contributed by atoms with Gasteiger partial charge in [0, 0.05) is 0 Å². The van der Waals surface area contributed by atoms with Crippen molar-refractivity contribution in [1.29, 1.82) is 0 Å². The lowest BCUT2D eigenvalue weighted by atomic mass is 10.1. The zero-order valence-electron chi connectivity index (χ0n) is 13.5. The normalized spacial score (nSPS) is 11.2. The molecule has 0 aliphatic carbocycles. The number of hydrogen-bond acceptors (Lipinski definition) is 1.